The van der Waals surface area contributed by atoms with Crippen molar-refractivity contribution >= 4 is 0 Å². The normalized spacial score (nSPS) is 38.4. The van der Waals surface area contributed by atoms with Gasteiger partial charge in [-0.2, -0.15) is 0 Å². The largest absolute Gasteiger partial charge is 0.295 e. The van der Waals surface area contributed by atoms with Crippen molar-refractivity contribution in [2.24, 2.45) is 11.8 Å². The molecule has 0 aliphatic carbocycles. The summed E-state index contributed by atoms with van der Waals surface area (Å²) in [5, 5.41) is 0. The minimum atomic E-state index is 0.894. The van der Waals surface area contributed by atoms with E-state index < -0.39 is 0 Å². The van der Waals surface area contributed by atoms with Crippen LogP contribution in [0.1, 0.15) is 65.7 Å². The fraction of sp³-hybridized carbons (Fsp3) is 1.00. The van der Waals surface area contributed by atoms with Crippen molar-refractivity contribution in [2.75, 3.05) is 6.54 Å². The van der Waals surface area contributed by atoms with E-state index in [0.29, 0.717) is 0 Å². The molecule has 0 bridgehead atoms. The van der Waals surface area contributed by atoms with Gasteiger partial charge in [0, 0.05) is 18.6 Å². The lowest BCUT2D eigenvalue weighted by Crippen LogP contribution is -2.11. The van der Waals surface area contributed by atoms with Gasteiger partial charge in [-0.15, -0.1) is 0 Å². The van der Waals surface area contributed by atoms with Crippen molar-refractivity contribution in [2.45, 2.75) is 77.8 Å². The fourth-order valence-electron chi connectivity index (χ4n) is 3.52. The molecule has 0 N–H and O–H groups in total. The average Bonchev–Trinajstić information content (AvgIpc) is 2.99. The van der Waals surface area contributed by atoms with Gasteiger partial charge in [-0.1, -0.05) is 46.0 Å². The first-order valence-corrected chi connectivity index (χ1v) is 7.48. The lowest BCUT2D eigenvalue weighted by molar-refractivity contribution is 0.382. The minimum absolute atomic E-state index is 0.894. The van der Waals surface area contributed by atoms with Crippen LogP contribution in [0.2, 0.25) is 0 Å². The maximum Gasteiger partial charge on any atom is 0.0255 e. The number of piperidine rings is 1. The molecule has 16 heavy (non-hydrogen) atoms. The van der Waals surface area contributed by atoms with Gasteiger partial charge in [0.2, 0.25) is 0 Å². The van der Waals surface area contributed by atoms with Crippen LogP contribution in [-0.4, -0.2) is 23.5 Å². The molecule has 94 valence electrons. The molecule has 0 aromatic heterocycles. The van der Waals surface area contributed by atoms with Crippen LogP contribution in [0.5, 0.6) is 0 Å². The number of unbranched alkanes of at least 4 members (excludes halogenated alkanes) is 2. The summed E-state index contributed by atoms with van der Waals surface area (Å²) in [7, 11) is 0. The van der Waals surface area contributed by atoms with Gasteiger partial charge in [0.25, 0.3) is 0 Å². The van der Waals surface area contributed by atoms with Gasteiger partial charge in [0.1, 0.15) is 0 Å². The van der Waals surface area contributed by atoms with Gasteiger partial charge < -0.3 is 0 Å². The molecule has 2 aliphatic rings. The molecule has 5 unspecified atom stereocenters. The van der Waals surface area contributed by atoms with Crippen LogP contribution in [0.4, 0.5) is 0 Å². The second-order valence-electron chi connectivity index (χ2n) is 6.29. The molecule has 2 aliphatic heterocycles. The van der Waals surface area contributed by atoms with Crippen LogP contribution in [0, 0.1) is 11.8 Å². The van der Waals surface area contributed by atoms with Crippen molar-refractivity contribution in [3.05, 3.63) is 0 Å². The summed E-state index contributed by atoms with van der Waals surface area (Å²) in [6, 6.07) is 1.89. The van der Waals surface area contributed by atoms with Gasteiger partial charge >= 0.3 is 0 Å². The third-order valence-corrected chi connectivity index (χ3v) is 4.78. The fourth-order valence-corrected chi connectivity index (χ4v) is 3.52. The molecule has 0 amide bonds. The Morgan fingerprint density at radius 2 is 2.06 bits per heavy atom. The summed E-state index contributed by atoms with van der Waals surface area (Å²) in [6.07, 6.45) is 10.2. The lowest BCUT2D eigenvalue weighted by atomic mass is 9.89. The third-order valence-electron chi connectivity index (χ3n) is 4.78. The molecule has 0 radical (unpaired) electrons. The Morgan fingerprint density at radius 1 is 1.25 bits per heavy atom. The number of hydrogen-bond donors (Lipinski definition) is 0. The molecule has 1 heteroatoms. The van der Waals surface area contributed by atoms with E-state index >= 15 is 0 Å². The van der Waals surface area contributed by atoms with Gasteiger partial charge in [-0.05, 0) is 31.6 Å². The number of nitrogens with zero attached hydrogens (tertiary/aromatic N) is 1. The Hall–Kier alpha value is -0.0400. The number of hydrogen-bond acceptors (Lipinski definition) is 1. The predicted octanol–water partition coefficient (Wildman–Crippen LogP) is 4.08. The highest BCUT2D eigenvalue weighted by Crippen LogP contribution is 2.43. The van der Waals surface area contributed by atoms with Gasteiger partial charge in [-0.3, -0.25) is 4.90 Å². The Bertz CT molecular complexity index is 213. The molecule has 0 saturated carbocycles. The Balaban J connectivity index is 1.57. The van der Waals surface area contributed by atoms with Gasteiger partial charge in [-0.25, -0.2) is 0 Å². The zero-order valence-electron chi connectivity index (χ0n) is 11.4. The minimum Gasteiger partial charge on any atom is -0.295 e. The SMILES string of the molecule is CCCCCC(C)CCC1CC(C)N2CC12. The topological polar surface area (TPSA) is 3.01 Å². The maximum atomic E-state index is 2.69. The summed E-state index contributed by atoms with van der Waals surface area (Å²) >= 11 is 0. The predicted molar refractivity (Wildman–Crippen MR) is 70.6 cm³/mol. The standard InChI is InChI=1S/C15H29N/c1-4-5-6-7-12(2)8-9-14-10-13(3)16-11-15(14)16/h12-15H,4-11H2,1-3H3. The highest BCUT2D eigenvalue weighted by molar-refractivity contribution is 5.04. The third kappa shape index (κ3) is 3.00. The summed E-state index contributed by atoms with van der Waals surface area (Å²) in [5.74, 6) is 2.01. The highest BCUT2D eigenvalue weighted by atomic mass is 15.4. The van der Waals surface area contributed by atoms with Gasteiger partial charge in [0.15, 0.2) is 0 Å². The monoisotopic (exact) mass is 223 g/mol. The van der Waals surface area contributed by atoms with Crippen LogP contribution in [0.25, 0.3) is 0 Å². The maximum absolute atomic E-state index is 2.69. The summed E-state index contributed by atoms with van der Waals surface area (Å²) in [6.45, 7) is 8.58. The first-order valence-electron chi connectivity index (χ1n) is 7.48. The second-order valence-corrected chi connectivity index (χ2v) is 6.29. The molecule has 1 nitrogen and oxygen atoms in total. The van der Waals surface area contributed by atoms with Crippen LogP contribution in [-0.2, 0) is 0 Å². The van der Waals surface area contributed by atoms with E-state index in [-0.39, 0.29) is 0 Å². The Kier molecular flexibility index (Phi) is 4.29. The Labute approximate surface area is 102 Å². The van der Waals surface area contributed by atoms with E-state index in [9.17, 15) is 0 Å². The molecule has 2 fully saturated rings. The molecule has 2 rings (SSSR count). The van der Waals surface area contributed by atoms with E-state index in [4.69, 9.17) is 0 Å². The lowest BCUT2D eigenvalue weighted by Gasteiger charge is -2.15. The highest BCUT2D eigenvalue weighted by Gasteiger charge is 2.49. The molecule has 2 saturated heterocycles. The molecule has 2 heterocycles. The van der Waals surface area contributed by atoms with Crippen molar-refractivity contribution in [3.8, 4) is 0 Å². The van der Waals surface area contributed by atoms with Crippen LogP contribution < -0.4 is 0 Å². The molecule has 5 atom stereocenters. The summed E-state index contributed by atoms with van der Waals surface area (Å²) < 4.78 is 0. The van der Waals surface area contributed by atoms with Crippen molar-refractivity contribution in [1.29, 1.82) is 0 Å². The molecule has 0 aromatic carbocycles. The Morgan fingerprint density at radius 3 is 2.62 bits per heavy atom. The van der Waals surface area contributed by atoms with Crippen molar-refractivity contribution in [1.82, 2.24) is 4.90 Å². The average molecular weight is 223 g/mol. The van der Waals surface area contributed by atoms with E-state index in [1.165, 1.54) is 51.5 Å². The van der Waals surface area contributed by atoms with E-state index in [2.05, 4.69) is 25.7 Å². The first-order chi connectivity index (χ1) is 7.72. The first kappa shape index (κ1) is 12.4. The molecular formula is C15H29N. The zero-order chi connectivity index (χ0) is 11.5. The molecular weight excluding hydrogens is 194 g/mol. The van der Waals surface area contributed by atoms with Crippen LogP contribution in [0.3, 0.4) is 0 Å². The molecule has 0 spiro atoms. The number of rotatable bonds is 7. The quantitative estimate of drug-likeness (QED) is 0.464. The van der Waals surface area contributed by atoms with Crippen molar-refractivity contribution in [3.63, 3.8) is 0 Å². The van der Waals surface area contributed by atoms with Crippen LogP contribution in [0.15, 0.2) is 0 Å². The second kappa shape index (κ2) is 5.53. The summed E-state index contributed by atoms with van der Waals surface area (Å²) in [5.41, 5.74) is 0. The summed E-state index contributed by atoms with van der Waals surface area (Å²) in [4.78, 5) is 2.69. The van der Waals surface area contributed by atoms with E-state index in [0.717, 1.165) is 23.9 Å². The smallest absolute Gasteiger partial charge is 0.0255 e. The van der Waals surface area contributed by atoms with E-state index in [1.807, 2.05) is 0 Å². The van der Waals surface area contributed by atoms with E-state index in [1.54, 1.807) is 0 Å². The zero-order valence-corrected chi connectivity index (χ0v) is 11.4. The van der Waals surface area contributed by atoms with Crippen molar-refractivity contribution < 1.29 is 0 Å². The number of fused-ring (bicyclic) bond motifs is 1. The van der Waals surface area contributed by atoms with Crippen LogP contribution >= 0.6 is 0 Å². The molecule has 0 aromatic rings. The van der Waals surface area contributed by atoms with Gasteiger partial charge in [0.05, 0.1) is 0 Å².